The summed E-state index contributed by atoms with van der Waals surface area (Å²) in [5.41, 5.74) is 6.61. The van der Waals surface area contributed by atoms with Crippen molar-refractivity contribution < 1.29 is 0 Å². The second kappa shape index (κ2) is 6.62. The SMILES string of the molecule is NCCN1CCC(Nc2ccc(Cl)c(Cl)c2)CC1. The van der Waals surface area contributed by atoms with Gasteiger partial charge in [0.15, 0.2) is 0 Å². The first-order chi connectivity index (χ1) is 8.69. The minimum atomic E-state index is 0.510. The summed E-state index contributed by atoms with van der Waals surface area (Å²) in [5, 5.41) is 4.71. The molecule has 0 aromatic heterocycles. The molecule has 0 radical (unpaired) electrons. The van der Waals surface area contributed by atoms with Gasteiger partial charge in [-0.2, -0.15) is 0 Å². The van der Waals surface area contributed by atoms with Gasteiger partial charge in [-0.05, 0) is 31.0 Å². The van der Waals surface area contributed by atoms with Crippen molar-refractivity contribution in [3.8, 4) is 0 Å². The van der Waals surface area contributed by atoms with E-state index in [-0.39, 0.29) is 0 Å². The summed E-state index contributed by atoms with van der Waals surface area (Å²) in [5.74, 6) is 0. The molecule has 2 rings (SSSR count). The predicted octanol–water partition coefficient (Wildman–Crippen LogP) is 2.83. The maximum absolute atomic E-state index is 6.00. The van der Waals surface area contributed by atoms with Gasteiger partial charge < -0.3 is 16.0 Å². The Labute approximate surface area is 118 Å². The predicted molar refractivity (Wildman–Crippen MR) is 78.6 cm³/mol. The molecule has 3 N–H and O–H groups in total. The fraction of sp³-hybridized carbons (Fsp3) is 0.538. The van der Waals surface area contributed by atoms with Crippen LogP contribution in [-0.2, 0) is 0 Å². The molecule has 18 heavy (non-hydrogen) atoms. The lowest BCUT2D eigenvalue weighted by Crippen LogP contribution is -2.41. The summed E-state index contributed by atoms with van der Waals surface area (Å²) >= 11 is 11.9. The summed E-state index contributed by atoms with van der Waals surface area (Å²) in [7, 11) is 0. The quantitative estimate of drug-likeness (QED) is 0.895. The van der Waals surface area contributed by atoms with Gasteiger partial charge in [0, 0.05) is 37.9 Å². The molecule has 0 bridgehead atoms. The average Bonchev–Trinajstić information content (AvgIpc) is 2.37. The molecule has 1 aliphatic rings. The molecule has 1 saturated heterocycles. The molecule has 0 spiro atoms. The van der Waals surface area contributed by atoms with Crippen molar-refractivity contribution in [2.24, 2.45) is 5.73 Å². The van der Waals surface area contributed by atoms with E-state index in [2.05, 4.69) is 10.2 Å². The number of rotatable bonds is 4. The number of benzene rings is 1. The lowest BCUT2D eigenvalue weighted by molar-refractivity contribution is 0.224. The van der Waals surface area contributed by atoms with Crippen molar-refractivity contribution in [2.75, 3.05) is 31.5 Å². The molecule has 1 aliphatic heterocycles. The average molecular weight is 288 g/mol. The first kappa shape index (κ1) is 13.9. The van der Waals surface area contributed by atoms with Gasteiger partial charge in [0.1, 0.15) is 0 Å². The number of nitrogens with zero attached hydrogens (tertiary/aromatic N) is 1. The highest BCUT2D eigenvalue weighted by Gasteiger charge is 2.18. The minimum Gasteiger partial charge on any atom is -0.382 e. The van der Waals surface area contributed by atoms with Crippen LogP contribution >= 0.6 is 23.2 Å². The number of hydrogen-bond acceptors (Lipinski definition) is 3. The number of anilines is 1. The molecule has 0 saturated carbocycles. The van der Waals surface area contributed by atoms with Crippen molar-refractivity contribution in [1.82, 2.24) is 4.90 Å². The minimum absolute atomic E-state index is 0.510. The summed E-state index contributed by atoms with van der Waals surface area (Å²) in [6, 6.07) is 6.20. The van der Waals surface area contributed by atoms with Crippen LogP contribution in [0.3, 0.4) is 0 Å². The number of piperidine rings is 1. The normalized spacial score (nSPS) is 17.9. The third kappa shape index (κ3) is 3.75. The van der Waals surface area contributed by atoms with Crippen molar-refractivity contribution in [1.29, 1.82) is 0 Å². The lowest BCUT2D eigenvalue weighted by Gasteiger charge is -2.32. The monoisotopic (exact) mass is 287 g/mol. The van der Waals surface area contributed by atoms with E-state index in [0.717, 1.165) is 44.7 Å². The zero-order chi connectivity index (χ0) is 13.0. The first-order valence-electron chi connectivity index (χ1n) is 6.33. The van der Waals surface area contributed by atoms with Crippen LogP contribution in [0, 0.1) is 0 Å². The summed E-state index contributed by atoms with van der Waals surface area (Å²) in [4.78, 5) is 2.41. The molecule has 0 atom stereocenters. The van der Waals surface area contributed by atoms with Gasteiger partial charge in [-0.3, -0.25) is 0 Å². The fourth-order valence-corrected chi connectivity index (χ4v) is 2.60. The Kier molecular flexibility index (Phi) is 5.13. The maximum atomic E-state index is 6.00. The van der Waals surface area contributed by atoms with E-state index in [0.29, 0.717) is 16.1 Å². The largest absolute Gasteiger partial charge is 0.382 e. The number of likely N-dealkylation sites (tertiary alicyclic amines) is 1. The topological polar surface area (TPSA) is 41.3 Å². The molecule has 1 aromatic rings. The van der Waals surface area contributed by atoms with Crippen molar-refractivity contribution >= 4 is 28.9 Å². The Hall–Kier alpha value is -0.480. The van der Waals surface area contributed by atoms with Gasteiger partial charge in [0.2, 0.25) is 0 Å². The highest BCUT2D eigenvalue weighted by molar-refractivity contribution is 6.42. The Morgan fingerprint density at radius 2 is 1.94 bits per heavy atom. The van der Waals surface area contributed by atoms with E-state index >= 15 is 0 Å². The van der Waals surface area contributed by atoms with Crippen molar-refractivity contribution in [3.05, 3.63) is 28.2 Å². The molecular formula is C13H19Cl2N3. The second-order valence-corrected chi connectivity index (χ2v) is 5.49. The van der Waals surface area contributed by atoms with Crippen molar-refractivity contribution in [2.45, 2.75) is 18.9 Å². The van der Waals surface area contributed by atoms with E-state index in [4.69, 9.17) is 28.9 Å². The Morgan fingerprint density at radius 1 is 1.22 bits per heavy atom. The van der Waals surface area contributed by atoms with Gasteiger partial charge in [-0.15, -0.1) is 0 Å². The lowest BCUT2D eigenvalue weighted by atomic mass is 10.0. The molecule has 0 aliphatic carbocycles. The van der Waals surface area contributed by atoms with E-state index in [1.54, 1.807) is 0 Å². The van der Waals surface area contributed by atoms with Crippen molar-refractivity contribution in [3.63, 3.8) is 0 Å². The van der Waals surface area contributed by atoms with Gasteiger partial charge >= 0.3 is 0 Å². The Morgan fingerprint density at radius 3 is 2.56 bits per heavy atom. The van der Waals surface area contributed by atoms with Crippen LogP contribution in [0.5, 0.6) is 0 Å². The summed E-state index contributed by atoms with van der Waals surface area (Å²) in [6.45, 7) is 3.96. The number of nitrogens with one attached hydrogen (secondary N) is 1. The Balaban J connectivity index is 1.85. The van der Waals surface area contributed by atoms with Crippen LogP contribution < -0.4 is 11.1 Å². The molecular weight excluding hydrogens is 269 g/mol. The summed E-state index contributed by atoms with van der Waals surface area (Å²) < 4.78 is 0. The van der Waals surface area contributed by atoms with Crippen LogP contribution in [0.25, 0.3) is 0 Å². The molecule has 0 amide bonds. The zero-order valence-corrected chi connectivity index (χ0v) is 11.8. The molecule has 0 unspecified atom stereocenters. The number of hydrogen-bond donors (Lipinski definition) is 2. The molecule has 1 heterocycles. The molecule has 100 valence electrons. The van der Waals surface area contributed by atoms with E-state index in [1.165, 1.54) is 0 Å². The van der Waals surface area contributed by atoms with E-state index < -0.39 is 0 Å². The molecule has 1 aromatic carbocycles. The zero-order valence-electron chi connectivity index (χ0n) is 10.3. The highest BCUT2D eigenvalue weighted by Crippen LogP contribution is 2.26. The van der Waals surface area contributed by atoms with E-state index in [9.17, 15) is 0 Å². The smallest absolute Gasteiger partial charge is 0.0612 e. The summed E-state index contributed by atoms with van der Waals surface area (Å²) in [6.07, 6.45) is 2.28. The van der Waals surface area contributed by atoms with Gasteiger partial charge in [0.05, 0.1) is 10.0 Å². The molecule has 5 heteroatoms. The van der Waals surface area contributed by atoms with Crippen LogP contribution in [0.4, 0.5) is 5.69 Å². The standard InChI is InChI=1S/C13H19Cl2N3/c14-12-2-1-11(9-13(12)15)17-10-3-6-18(7-4-10)8-5-16/h1-2,9-10,17H,3-8,16H2. The molecule has 3 nitrogen and oxygen atoms in total. The van der Waals surface area contributed by atoms with Gasteiger partial charge in [0.25, 0.3) is 0 Å². The highest BCUT2D eigenvalue weighted by atomic mass is 35.5. The maximum Gasteiger partial charge on any atom is 0.0612 e. The van der Waals surface area contributed by atoms with Gasteiger partial charge in [-0.25, -0.2) is 0 Å². The Bertz CT molecular complexity index is 390. The first-order valence-corrected chi connectivity index (χ1v) is 7.08. The third-order valence-corrected chi connectivity index (χ3v) is 4.06. The molecule has 1 fully saturated rings. The van der Waals surface area contributed by atoms with Crippen LogP contribution in [0.1, 0.15) is 12.8 Å². The van der Waals surface area contributed by atoms with Gasteiger partial charge in [-0.1, -0.05) is 23.2 Å². The third-order valence-electron chi connectivity index (χ3n) is 3.32. The number of halogens is 2. The van der Waals surface area contributed by atoms with Crippen LogP contribution in [0.15, 0.2) is 18.2 Å². The van der Waals surface area contributed by atoms with E-state index in [1.807, 2.05) is 18.2 Å². The second-order valence-electron chi connectivity index (χ2n) is 4.68. The van der Waals surface area contributed by atoms with Crippen LogP contribution in [0.2, 0.25) is 10.0 Å². The fourth-order valence-electron chi connectivity index (χ4n) is 2.31. The number of nitrogens with two attached hydrogens (primary N) is 1. The van der Waals surface area contributed by atoms with Crippen LogP contribution in [-0.4, -0.2) is 37.1 Å².